The van der Waals surface area contributed by atoms with Crippen molar-refractivity contribution in [2.45, 2.75) is 44.6 Å². The molecule has 3 rings (SSSR count). The van der Waals surface area contributed by atoms with E-state index >= 15 is 0 Å². The third kappa shape index (κ3) is 3.53. The lowest BCUT2D eigenvalue weighted by Crippen LogP contribution is -2.34. The zero-order chi connectivity index (χ0) is 14.5. The monoisotopic (exact) mass is 287 g/mol. The van der Waals surface area contributed by atoms with Crippen molar-refractivity contribution in [3.8, 4) is 0 Å². The molecule has 1 fully saturated rings. The molecule has 0 aliphatic heterocycles. The lowest BCUT2D eigenvalue weighted by atomic mass is 9.94. The summed E-state index contributed by atoms with van der Waals surface area (Å²) in [5.41, 5.74) is 1.04. The highest BCUT2D eigenvalue weighted by Crippen LogP contribution is 2.21. The summed E-state index contributed by atoms with van der Waals surface area (Å²) in [5.74, 6) is 0.926. The van der Waals surface area contributed by atoms with Crippen LogP contribution >= 0.6 is 0 Å². The van der Waals surface area contributed by atoms with Crippen LogP contribution in [0.25, 0.3) is 5.52 Å². The number of nitrogens with one attached hydrogen (secondary N) is 1. The number of aromatic nitrogens is 3. The summed E-state index contributed by atoms with van der Waals surface area (Å²) in [7, 11) is 2.27. The number of hydrogen-bond acceptors (Lipinski definition) is 4. The predicted molar refractivity (Wildman–Crippen MR) is 85.6 cm³/mol. The van der Waals surface area contributed by atoms with Gasteiger partial charge in [-0.15, -0.1) is 0 Å². The molecule has 2 heterocycles. The minimum Gasteiger partial charge on any atom is -0.368 e. The normalized spacial score (nSPS) is 16.7. The van der Waals surface area contributed by atoms with E-state index in [0.29, 0.717) is 0 Å². The molecular formula is C16H25N5. The van der Waals surface area contributed by atoms with E-state index in [9.17, 15) is 0 Å². The summed E-state index contributed by atoms with van der Waals surface area (Å²) < 4.78 is 1.85. The van der Waals surface area contributed by atoms with E-state index in [1.54, 1.807) is 12.4 Å². The third-order valence-corrected chi connectivity index (χ3v) is 4.50. The zero-order valence-corrected chi connectivity index (χ0v) is 12.8. The van der Waals surface area contributed by atoms with Crippen LogP contribution in [0.2, 0.25) is 0 Å². The second-order valence-electron chi connectivity index (χ2n) is 5.99. The van der Waals surface area contributed by atoms with Gasteiger partial charge in [-0.1, -0.05) is 19.3 Å². The third-order valence-electron chi connectivity index (χ3n) is 4.50. The van der Waals surface area contributed by atoms with Crippen molar-refractivity contribution in [3.63, 3.8) is 0 Å². The predicted octanol–water partition coefficient (Wildman–Crippen LogP) is 2.80. The van der Waals surface area contributed by atoms with E-state index in [4.69, 9.17) is 0 Å². The number of anilines is 1. The first kappa shape index (κ1) is 14.3. The Hall–Kier alpha value is -1.62. The van der Waals surface area contributed by atoms with Gasteiger partial charge in [0.1, 0.15) is 5.52 Å². The quantitative estimate of drug-likeness (QED) is 0.830. The summed E-state index contributed by atoms with van der Waals surface area (Å²) in [6, 6.07) is 2.79. The molecule has 0 saturated heterocycles. The number of fused-ring (bicyclic) bond motifs is 1. The summed E-state index contributed by atoms with van der Waals surface area (Å²) in [6.45, 7) is 2.11. The molecule has 21 heavy (non-hydrogen) atoms. The van der Waals surface area contributed by atoms with Crippen molar-refractivity contribution in [3.05, 3.63) is 24.7 Å². The smallest absolute Gasteiger partial charge is 0.152 e. The van der Waals surface area contributed by atoms with Gasteiger partial charge in [-0.3, -0.25) is 0 Å². The summed E-state index contributed by atoms with van der Waals surface area (Å²) in [6.07, 6.45) is 13.6. The van der Waals surface area contributed by atoms with E-state index in [1.807, 2.05) is 16.8 Å². The van der Waals surface area contributed by atoms with Crippen molar-refractivity contribution in [1.29, 1.82) is 0 Å². The number of rotatable bonds is 6. The molecule has 1 aliphatic rings. The van der Waals surface area contributed by atoms with E-state index in [2.05, 4.69) is 27.3 Å². The Bertz CT molecular complexity index is 559. The molecule has 5 heteroatoms. The first-order valence-corrected chi connectivity index (χ1v) is 8.07. The molecule has 5 nitrogen and oxygen atoms in total. The van der Waals surface area contributed by atoms with Crippen molar-refractivity contribution in [2.24, 2.45) is 0 Å². The van der Waals surface area contributed by atoms with Crippen LogP contribution in [0.5, 0.6) is 0 Å². The average Bonchev–Trinajstić information content (AvgIpc) is 3.01. The summed E-state index contributed by atoms with van der Waals surface area (Å²) in [5, 5.41) is 7.66. The Morgan fingerprint density at radius 1 is 1.29 bits per heavy atom. The summed E-state index contributed by atoms with van der Waals surface area (Å²) in [4.78, 5) is 6.94. The highest BCUT2D eigenvalue weighted by molar-refractivity contribution is 5.66. The lowest BCUT2D eigenvalue weighted by Gasteiger charge is -2.31. The van der Waals surface area contributed by atoms with Crippen molar-refractivity contribution in [1.82, 2.24) is 19.5 Å². The Morgan fingerprint density at radius 3 is 3.00 bits per heavy atom. The second kappa shape index (κ2) is 6.89. The van der Waals surface area contributed by atoms with Gasteiger partial charge in [0.25, 0.3) is 0 Å². The van der Waals surface area contributed by atoms with E-state index in [-0.39, 0.29) is 0 Å². The molecule has 0 unspecified atom stereocenters. The Balaban J connectivity index is 1.44. The van der Waals surface area contributed by atoms with E-state index in [0.717, 1.165) is 36.9 Å². The van der Waals surface area contributed by atoms with Crippen molar-refractivity contribution in [2.75, 3.05) is 25.5 Å². The van der Waals surface area contributed by atoms with Crippen LogP contribution in [0.3, 0.4) is 0 Å². The lowest BCUT2D eigenvalue weighted by molar-refractivity contribution is 0.191. The molecule has 1 saturated carbocycles. The topological polar surface area (TPSA) is 45.5 Å². The molecule has 0 amide bonds. The fraction of sp³-hybridized carbons (Fsp3) is 0.625. The fourth-order valence-corrected chi connectivity index (χ4v) is 3.23. The fourth-order valence-electron chi connectivity index (χ4n) is 3.23. The maximum Gasteiger partial charge on any atom is 0.152 e. The maximum atomic E-state index is 4.40. The zero-order valence-electron chi connectivity index (χ0n) is 12.8. The van der Waals surface area contributed by atoms with Gasteiger partial charge in [0.2, 0.25) is 0 Å². The van der Waals surface area contributed by atoms with Gasteiger partial charge >= 0.3 is 0 Å². The van der Waals surface area contributed by atoms with E-state index in [1.165, 1.54) is 32.1 Å². The SMILES string of the molecule is CN(CCCNc1nccn2nccc12)C1CCCCC1. The van der Waals surface area contributed by atoms with Gasteiger partial charge in [0.05, 0.1) is 6.20 Å². The largest absolute Gasteiger partial charge is 0.368 e. The van der Waals surface area contributed by atoms with Crippen LogP contribution in [-0.4, -0.2) is 45.7 Å². The van der Waals surface area contributed by atoms with Gasteiger partial charge < -0.3 is 10.2 Å². The van der Waals surface area contributed by atoms with Crippen LogP contribution in [-0.2, 0) is 0 Å². The van der Waals surface area contributed by atoms with Crippen LogP contribution in [0.4, 0.5) is 5.82 Å². The van der Waals surface area contributed by atoms with Gasteiger partial charge in [0.15, 0.2) is 5.82 Å². The number of hydrogen-bond donors (Lipinski definition) is 1. The second-order valence-corrected chi connectivity index (χ2v) is 5.99. The molecule has 2 aromatic rings. The van der Waals surface area contributed by atoms with Gasteiger partial charge in [-0.2, -0.15) is 5.10 Å². The molecule has 1 N–H and O–H groups in total. The highest BCUT2D eigenvalue weighted by Gasteiger charge is 2.17. The van der Waals surface area contributed by atoms with Crippen LogP contribution < -0.4 is 5.32 Å². The number of nitrogens with zero attached hydrogens (tertiary/aromatic N) is 4. The minimum atomic E-state index is 0.801. The standard InChI is InChI=1S/C16H25N5/c1-20(14-6-3-2-4-7-14)12-5-9-17-16-15-8-10-19-21(15)13-11-18-16/h8,10-11,13-14H,2-7,9,12H2,1H3,(H,17,18). The molecule has 0 atom stereocenters. The molecule has 0 spiro atoms. The molecule has 2 aromatic heterocycles. The van der Waals surface area contributed by atoms with E-state index < -0.39 is 0 Å². The Labute approximate surface area is 126 Å². The molecule has 0 radical (unpaired) electrons. The van der Waals surface area contributed by atoms with Gasteiger partial charge in [-0.25, -0.2) is 9.50 Å². The Morgan fingerprint density at radius 2 is 2.14 bits per heavy atom. The average molecular weight is 287 g/mol. The van der Waals surface area contributed by atoms with Crippen LogP contribution in [0.1, 0.15) is 38.5 Å². The molecular weight excluding hydrogens is 262 g/mol. The molecule has 1 aliphatic carbocycles. The first-order chi connectivity index (χ1) is 10.3. The minimum absolute atomic E-state index is 0.801. The first-order valence-electron chi connectivity index (χ1n) is 8.07. The molecule has 0 aromatic carbocycles. The van der Waals surface area contributed by atoms with Gasteiger partial charge in [0, 0.05) is 25.0 Å². The maximum absolute atomic E-state index is 4.40. The van der Waals surface area contributed by atoms with Crippen molar-refractivity contribution >= 4 is 11.3 Å². The summed E-state index contributed by atoms with van der Waals surface area (Å²) >= 11 is 0. The molecule has 114 valence electrons. The molecule has 0 bridgehead atoms. The Kier molecular flexibility index (Phi) is 4.70. The van der Waals surface area contributed by atoms with Crippen LogP contribution in [0.15, 0.2) is 24.7 Å². The van der Waals surface area contributed by atoms with Gasteiger partial charge in [-0.05, 0) is 38.9 Å². The highest BCUT2D eigenvalue weighted by atomic mass is 15.2. The van der Waals surface area contributed by atoms with Crippen LogP contribution in [0, 0.1) is 0 Å². The van der Waals surface area contributed by atoms with Crippen molar-refractivity contribution < 1.29 is 0 Å².